The molecule has 0 saturated heterocycles. The van der Waals surface area contributed by atoms with E-state index in [9.17, 15) is 4.39 Å². The molecule has 0 aliphatic carbocycles. The number of methoxy groups -OCH3 is 1. The van der Waals surface area contributed by atoms with E-state index in [1.165, 1.54) is 19.6 Å². The van der Waals surface area contributed by atoms with E-state index < -0.39 is 5.95 Å². The van der Waals surface area contributed by atoms with Gasteiger partial charge < -0.3 is 20.8 Å². The van der Waals surface area contributed by atoms with E-state index >= 15 is 0 Å². The molecule has 9 heteroatoms. The molecule has 140 valence electrons. The van der Waals surface area contributed by atoms with Gasteiger partial charge in [-0.15, -0.1) is 0 Å². The number of nitrogens with one attached hydrogen (secondary N) is 2. The number of hydrogen-bond acceptors (Lipinski definition) is 7. The molecule has 3 aromatic heterocycles. The van der Waals surface area contributed by atoms with Gasteiger partial charge in [0.25, 0.3) is 0 Å². The summed E-state index contributed by atoms with van der Waals surface area (Å²) in [4.78, 5) is 19.4. The number of pyridine rings is 1. The minimum atomic E-state index is -0.575. The van der Waals surface area contributed by atoms with Crippen LogP contribution in [0.3, 0.4) is 0 Å². The largest absolute Gasteiger partial charge is 0.480 e. The molecule has 0 spiro atoms. The number of aliphatic imine (C=N–C) groups is 1. The van der Waals surface area contributed by atoms with Crippen LogP contribution in [0.5, 0.6) is 5.88 Å². The fourth-order valence-electron chi connectivity index (χ4n) is 2.61. The quantitative estimate of drug-likeness (QED) is 0.435. The van der Waals surface area contributed by atoms with Crippen molar-refractivity contribution >= 4 is 23.1 Å². The van der Waals surface area contributed by atoms with Crippen molar-refractivity contribution in [2.75, 3.05) is 19.0 Å². The lowest BCUT2D eigenvalue weighted by Gasteiger charge is -2.08. The summed E-state index contributed by atoms with van der Waals surface area (Å²) in [5, 5.41) is 3.66. The lowest BCUT2D eigenvalue weighted by atomic mass is 10.1. The van der Waals surface area contributed by atoms with Crippen molar-refractivity contribution in [1.29, 1.82) is 0 Å². The van der Waals surface area contributed by atoms with Gasteiger partial charge in [-0.05, 0) is 18.6 Å². The Morgan fingerprint density at radius 3 is 2.93 bits per heavy atom. The van der Waals surface area contributed by atoms with E-state index in [1.54, 1.807) is 24.5 Å². The second-order valence-electron chi connectivity index (χ2n) is 5.62. The third-order valence-electron chi connectivity index (χ3n) is 3.88. The predicted molar refractivity (Wildman–Crippen MR) is 102 cm³/mol. The van der Waals surface area contributed by atoms with E-state index in [0.29, 0.717) is 41.6 Å². The van der Waals surface area contributed by atoms with Crippen LogP contribution < -0.4 is 15.8 Å². The van der Waals surface area contributed by atoms with Crippen LogP contribution in [0.15, 0.2) is 41.5 Å². The van der Waals surface area contributed by atoms with Gasteiger partial charge in [0.15, 0.2) is 0 Å². The Kier molecular flexibility index (Phi) is 5.60. The Labute approximate surface area is 155 Å². The number of ether oxygens (including phenoxy) is 1. The zero-order chi connectivity index (χ0) is 19.2. The molecule has 0 aliphatic heterocycles. The van der Waals surface area contributed by atoms with Crippen LogP contribution >= 0.6 is 0 Å². The Bertz CT molecular complexity index is 997. The third-order valence-corrected chi connectivity index (χ3v) is 3.88. The van der Waals surface area contributed by atoms with Crippen LogP contribution in [0, 0.1) is 5.95 Å². The molecule has 27 heavy (non-hydrogen) atoms. The van der Waals surface area contributed by atoms with Crippen LogP contribution in [0.4, 0.5) is 10.2 Å². The fourth-order valence-corrected chi connectivity index (χ4v) is 2.61. The highest BCUT2D eigenvalue weighted by molar-refractivity contribution is 5.85. The smallest absolute Gasteiger partial charge is 0.226 e. The maximum atomic E-state index is 14.5. The van der Waals surface area contributed by atoms with E-state index in [2.05, 4.69) is 30.2 Å². The number of aromatic amines is 1. The molecule has 0 unspecified atom stereocenters. The molecule has 0 amide bonds. The van der Waals surface area contributed by atoms with Crippen molar-refractivity contribution in [3.8, 4) is 5.88 Å². The SMILES string of the molecule is CCN=CC(=CN)Nc1ccc(Cc2c[nH]c3ncnc(OC)c23)c(F)n1. The van der Waals surface area contributed by atoms with Gasteiger partial charge >= 0.3 is 0 Å². The van der Waals surface area contributed by atoms with Crippen LogP contribution in [-0.2, 0) is 6.42 Å². The van der Waals surface area contributed by atoms with Crippen molar-refractivity contribution in [2.24, 2.45) is 10.7 Å². The van der Waals surface area contributed by atoms with E-state index in [1.807, 2.05) is 6.92 Å². The number of aromatic nitrogens is 4. The van der Waals surface area contributed by atoms with Crippen LogP contribution in [-0.4, -0.2) is 39.8 Å². The molecule has 4 N–H and O–H groups in total. The molecule has 0 atom stereocenters. The molecular weight excluding hydrogens is 349 g/mol. The van der Waals surface area contributed by atoms with E-state index in [-0.39, 0.29) is 0 Å². The molecule has 0 saturated carbocycles. The first-order valence-corrected chi connectivity index (χ1v) is 8.35. The summed E-state index contributed by atoms with van der Waals surface area (Å²) < 4.78 is 19.8. The zero-order valence-electron chi connectivity index (χ0n) is 15.0. The van der Waals surface area contributed by atoms with Crippen molar-refractivity contribution in [2.45, 2.75) is 13.3 Å². The summed E-state index contributed by atoms with van der Waals surface area (Å²) >= 11 is 0. The van der Waals surface area contributed by atoms with Crippen LogP contribution in [0.1, 0.15) is 18.1 Å². The molecule has 0 fully saturated rings. The highest BCUT2D eigenvalue weighted by Gasteiger charge is 2.14. The second kappa shape index (κ2) is 8.26. The number of anilines is 1. The Morgan fingerprint density at radius 2 is 2.22 bits per heavy atom. The van der Waals surface area contributed by atoms with E-state index in [4.69, 9.17) is 10.5 Å². The summed E-state index contributed by atoms with van der Waals surface area (Å²) in [6, 6.07) is 3.36. The van der Waals surface area contributed by atoms with Gasteiger partial charge in [0.2, 0.25) is 11.8 Å². The van der Waals surface area contributed by atoms with Gasteiger partial charge in [0, 0.05) is 37.1 Å². The molecular formula is C18H20FN7O. The van der Waals surface area contributed by atoms with Crippen molar-refractivity contribution < 1.29 is 9.13 Å². The molecule has 0 aromatic carbocycles. The van der Waals surface area contributed by atoms with Crippen LogP contribution in [0.25, 0.3) is 11.0 Å². The maximum absolute atomic E-state index is 14.5. The first-order chi connectivity index (χ1) is 13.2. The Balaban J connectivity index is 1.84. The molecule has 0 bridgehead atoms. The fraction of sp³-hybridized carbons (Fsp3) is 0.222. The number of hydrogen-bond donors (Lipinski definition) is 3. The summed E-state index contributed by atoms with van der Waals surface area (Å²) in [5.74, 6) is 0.208. The van der Waals surface area contributed by atoms with Gasteiger partial charge in [-0.3, -0.25) is 4.99 Å². The topological polar surface area (TPSA) is 114 Å². The van der Waals surface area contributed by atoms with Crippen LogP contribution in [0.2, 0.25) is 0 Å². The molecule has 3 heterocycles. The zero-order valence-corrected chi connectivity index (χ0v) is 15.0. The summed E-state index contributed by atoms with van der Waals surface area (Å²) in [5.41, 5.74) is 7.97. The van der Waals surface area contributed by atoms with Gasteiger partial charge in [-0.1, -0.05) is 6.07 Å². The number of allylic oxidation sites excluding steroid dienone is 1. The number of halogens is 1. The predicted octanol–water partition coefficient (Wildman–Crippen LogP) is 2.39. The number of fused-ring (bicyclic) bond motifs is 1. The molecule has 8 nitrogen and oxygen atoms in total. The molecule has 3 rings (SSSR count). The second-order valence-corrected chi connectivity index (χ2v) is 5.62. The number of nitrogens with zero attached hydrogens (tertiary/aromatic N) is 4. The normalized spacial score (nSPS) is 12.0. The monoisotopic (exact) mass is 369 g/mol. The van der Waals surface area contributed by atoms with Gasteiger partial charge in [0.05, 0.1) is 18.2 Å². The number of rotatable bonds is 7. The minimum Gasteiger partial charge on any atom is -0.480 e. The average molecular weight is 369 g/mol. The van der Waals surface area contributed by atoms with Crippen molar-refractivity contribution in [1.82, 2.24) is 19.9 Å². The van der Waals surface area contributed by atoms with Gasteiger partial charge in [-0.2, -0.15) is 4.39 Å². The maximum Gasteiger partial charge on any atom is 0.226 e. The Hall–Kier alpha value is -3.49. The molecule has 3 aromatic rings. The standard InChI is InChI=1S/C18H20FN7O/c1-3-21-9-13(7-20)25-14-5-4-11(16(19)26-14)6-12-8-22-17-15(12)18(27-2)24-10-23-17/h4-5,7-10H,3,6,20H2,1-2H3,(H,25,26)(H,22,23,24). The molecule has 0 radical (unpaired) electrons. The van der Waals surface area contributed by atoms with Gasteiger partial charge in [0.1, 0.15) is 17.8 Å². The summed E-state index contributed by atoms with van der Waals surface area (Å²) in [7, 11) is 1.53. The molecule has 0 aliphatic rings. The lowest BCUT2D eigenvalue weighted by Crippen LogP contribution is -2.07. The average Bonchev–Trinajstić information content (AvgIpc) is 3.10. The first-order valence-electron chi connectivity index (χ1n) is 8.35. The lowest BCUT2D eigenvalue weighted by molar-refractivity contribution is 0.402. The number of H-pyrrole nitrogens is 1. The Morgan fingerprint density at radius 1 is 1.37 bits per heavy atom. The summed E-state index contributed by atoms with van der Waals surface area (Å²) in [6.45, 7) is 2.53. The van der Waals surface area contributed by atoms with Gasteiger partial charge in [-0.25, -0.2) is 15.0 Å². The third kappa shape index (κ3) is 4.02. The highest BCUT2D eigenvalue weighted by atomic mass is 19.1. The van der Waals surface area contributed by atoms with Crippen molar-refractivity contribution in [3.05, 3.63) is 53.6 Å². The minimum absolute atomic E-state index is 0.319. The van der Waals surface area contributed by atoms with E-state index in [0.717, 1.165) is 10.9 Å². The summed E-state index contributed by atoms with van der Waals surface area (Å²) in [6.07, 6.45) is 6.43. The first kappa shape index (κ1) is 18.3. The highest BCUT2D eigenvalue weighted by Crippen LogP contribution is 2.27. The number of nitrogens with two attached hydrogens (primary N) is 1. The van der Waals surface area contributed by atoms with Crippen molar-refractivity contribution in [3.63, 3.8) is 0 Å².